The van der Waals surface area contributed by atoms with Gasteiger partial charge in [0.15, 0.2) is 5.13 Å². The van der Waals surface area contributed by atoms with Gasteiger partial charge in [-0.3, -0.25) is 4.79 Å². The van der Waals surface area contributed by atoms with Crippen molar-refractivity contribution in [2.45, 2.75) is 23.8 Å². The molecule has 174 valence electrons. The molecule has 8 nitrogen and oxygen atoms in total. The summed E-state index contributed by atoms with van der Waals surface area (Å²) in [6, 6.07) is 9.02. The van der Waals surface area contributed by atoms with Crippen LogP contribution in [0.3, 0.4) is 0 Å². The first-order valence-corrected chi connectivity index (χ1v) is 12.4. The van der Waals surface area contributed by atoms with E-state index in [0.717, 1.165) is 16.4 Å². The second-order valence-electron chi connectivity index (χ2n) is 7.32. The minimum atomic E-state index is -3.94. The number of nitrogens with zero attached hydrogens (tertiary/aromatic N) is 2. The Hall–Kier alpha value is -3.02. The van der Waals surface area contributed by atoms with Gasteiger partial charge < -0.3 is 14.8 Å². The maximum Gasteiger partial charge on any atom is 0.244 e. The Balaban J connectivity index is 1.53. The summed E-state index contributed by atoms with van der Waals surface area (Å²) in [4.78, 5) is 17.4. The lowest BCUT2D eigenvalue weighted by Gasteiger charge is -2.23. The van der Waals surface area contributed by atoms with Crippen molar-refractivity contribution in [3.05, 3.63) is 53.7 Å². The molecule has 11 heteroatoms. The van der Waals surface area contributed by atoms with Crippen LogP contribution in [0.25, 0.3) is 11.3 Å². The maximum atomic E-state index is 13.2. The van der Waals surface area contributed by atoms with Crippen LogP contribution in [-0.2, 0) is 14.8 Å². The first kappa shape index (κ1) is 23.1. The average molecular weight is 492 g/mol. The highest BCUT2D eigenvalue weighted by Crippen LogP contribution is 2.35. The Labute approximate surface area is 195 Å². The molecule has 1 amide bonds. The van der Waals surface area contributed by atoms with Crippen molar-refractivity contribution < 1.29 is 27.1 Å². The molecule has 2 heterocycles. The smallest absolute Gasteiger partial charge is 0.244 e. The molecule has 0 radical (unpaired) electrons. The fourth-order valence-electron chi connectivity index (χ4n) is 3.69. The van der Waals surface area contributed by atoms with E-state index in [1.807, 2.05) is 0 Å². The van der Waals surface area contributed by atoms with E-state index in [2.05, 4.69) is 10.3 Å². The third kappa shape index (κ3) is 4.70. The van der Waals surface area contributed by atoms with Gasteiger partial charge in [0, 0.05) is 17.5 Å². The van der Waals surface area contributed by atoms with E-state index in [1.54, 1.807) is 37.8 Å². The summed E-state index contributed by atoms with van der Waals surface area (Å²) in [6.07, 6.45) is 0.927. The van der Waals surface area contributed by atoms with Crippen molar-refractivity contribution in [1.29, 1.82) is 0 Å². The molecular weight excluding hydrogens is 469 g/mol. The third-order valence-electron chi connectivity index (χ3n) is 5.34. The van der Waals surface area contributed by atoms with Crippen molar-refractivity contribution in [3.63, 3.8) is 0 Å². The van der Waals surface area contributed by atoms with Gasteiger partial charge in [-0.2, -0.15) is 4.31 Å². The molecule has 3 aromatic rings. The summed E-state index contributed by atoms with van der Waals surface area (Å²) in [5.41, 5.74) is 1.29. The number of hydrogen-bond acceptors (Lipinski definition) is 7. The van der Waals surface area contributed by atoms with Crippen LogP contribution in [0, 0.1) is 5.82 Å². The fourth-order valence-corrected chi connectivity index (χ4v) is 6.06. The van der Waals surface area contributed by atoms with Crippen molar-refractivity contribution >= 4 is 32.4 Å². The molecule has 1 saturated heterocycles. The topological polar surface area (TPSA) is 97.8 Å². The SMILES string of the molecule is COc1ccc(OC)c(-c2csc(NC(=O)C3CCCN3S(=O)(=O)c3ccc(F)cc3)n2)c1. The molecule has 0 aliphatic carbocycles. The number of thiazole rings is 1. The Morgan fingerprint density at radius 2 is 1.94 bits per heavy atom. The van der Waals surface area contributed by atoms with Gasteiger partial charge in [-0.1, -0.05) is 0 Å². The summed E-state index contributed by atoms with van der Waals surface area (Å²) in [7, 11) is -0.825. The van der Waals surface area contributed by atoms with E-state index in [0.29, 0.717) is 40.7 Å². The molecule has 1 aliphatic rings. The molecule has 0 spiro atoms. The normalized spacial score (nSPS) is 16.5. The second kappa shape index (κ2) is 9.46. The lowest BCUT2D eigenvalue weighted by atomic mass is 10.1. The van der Waals surface area contributed by atoms with Crippen LogP contribution in [0.2, 0.25) is 0 Å². The van der Waals surface area contributed by atoms with Gasteiger partial charge in [0.2, 0.25) is 15.9 Å². The molecule has 1 fully saturated rings. The largest absolute Gasteiger partial charge is 0.497 e. The van der Waals surface area contributed by atoms with E-state index >= 15 is 0 Å². The summed E-state index contributed by atoms with van der Waals surface area (Å²) in [6.45, 7) is 0.210. The molecule has 4 rings (SSSR count). The summed E-state index contributed by atoms with van der Waals surface area (Å²) in [5, 5.41) is 4.84. The minimum Gasteiger partial charge on any atom is -0.497 e. The van der Waals surface area contributed by atoms with Gasteiger partial charge in [-0.15, -0.1) is 11.3 Å². The number of ether oxygens (including phenoxy) is 2. The molecule has 1 aromatic heterocycles. The number of anilines is 1. The number of aromatic nitrogens is 1. The molecule has 2 aromatic carbocycles. The number of methoxy groups -OCH3 is 2. The average Bonchev–Trinajstić information content (AvgIpc) is 3.49. The molecule has 1 atom stereocenters. The molecule has 1 aliphatic heterocycles. The molecular formula is C22H22FN3O5S2. The summed E-state index contributed by atoms with van der Waals surface area (Å²) < 4.78 is 51.1. The van der Waals surface area contributed by atoms with E-state index in [-0.39, 0.29) is 11.4 Å². The molecule has 33 heavy (non-hydrogen) atoms. The number of benzene rings is 2. The number of amides is 1. The number of carbonyl (C=O) groups is 1. The Morgan fingerprint density at radius 1 is 1.18 bits per heavy atom. The van der Waals surface area contributed by atoms with Gasteiger partial charge in [-0.25, -0.2) is 17.8 Å². The highest BCUT2D eigenvalue weighted by molar-refractivity contribution is 7.89. The first-order chi connectivity index (χ1) is 15.8. The van der Waals surface area contributed by atoms with Crippen LogP contribution < -0.4 is 14.8 Å². The number of sulfonamides is 1. The minimum absolute atomic E-state index is 0.0507. The van der Waals surface area contributed by atoms with Crippen LogP contribution in [-0.4, -0.2) is 50.4 Å². The highest BCUT2D eigenvalue weighted by atomic mass is 32.2. The zero-order valence-corrected chi connectivity index (χ0v) is 19.6. The fraction of sp³-hybridized carbons (Fsp3) is 0.273. The van der Waals surface area contributed by atoms with Crippen LogP contribution in [0.4, 0.5) is 9.52 Å². The van der Waals surface area contributed by atoms with Gasteiger partial charge in [0.05, 0.1) is 24.8 Å². The van der Waals surface area contributed by atoms with E-state index in [1.165, 1.54) is 23.5 Å². The molecule has 1 unspecified atom stereocenters. The first-order valence-electron chi connectivity index (χ1n) is 10.1. The number of hydrogen-bond donors (Lipinski definition) is 1. The van der Waals surface area contributed by atoms with Gasteiger partial charge in [-0.05, 0) is 55.3 Å². The van der Waals surface area contributed by atoms with Gasteiger partial charge in [0.1, 0.15) is 23.4 Å². The second-order valence-corrected chi connectivity index (χ2v) is 10.1. The Bertz CT molecular complexity index is 1260. The molecule has 1 N–H and O–H groups in total. The predicted molar refractivity (Wildman–Crippen MR) is 123 cm³/mol. The Kier molecular flexibility index (Phi) is 6.63. The van der Waals surface area contributed by atoms with Gasteiger partial charge >= 0.3 is 0 Å². The monoisotopic (exact) mass is 491 g/mol. The number of rotatable bonds is 7. The Morgan fingerprint density at radius 3 is 2.64 bits per heavy atom. The predicted octanol–water partition coefficient (Wildman–Crippen LogP) is 3.76. The maximum absolute atomic E-state index is 13.2. The van der Waals surface area contributed by atoms with E-state index in [4.69, 9.17) is 9.47 Å². The van der Waals surface area contributed by atoms with Crippen LogP contribution in [0.15, 0.2) is 52.7 Å². The zero-order chi connectivity index (χ0) is 23.6. The summed E-state index contributed by atoms with van der Waals surface area (Å²) in [5.74, 6) is 0.247. The standard InChI is InChI=1S/C22H22FN3O5S2/c1-30-15-7-10-20(31-2)17(12-15)18-13-32-22(24-18)25-21(27)19-4-3-11-26(19)33(28,29)16-8-5-14(23)6-9-16/h5-10,12-13,19H,3-4,11H2,1-2H3,(H,24,25,27). The molecule has 0 saturated carbocycles. The number of halogens is 1. The highest BCUT2D eigenvalue weighted by Gasteiger charge is 2.39. The quantitative estimate of drug-likeness (QED) is 0.541. The van der Waals surface area contributed by atoms with Crippen molar-refractivity contribution in [1.82, 2.24) is 9.29 Å². The third-order valence-corrected chi connectivity index (χ3v) is 8.02. The number of nitrogens with one attached hydrogen (secondary N) is 1. The lowest BCUT2D eigenvalue weighted by Crippen LogP contribution is -2.43. The van der Waals surface area contributed by atoms with E-state index < -0.39 is 27.8 Å². The van der Waals surface area contributed by atoms with Crippen molar-refractivity contribution in [3.8, 4) is 22.8 Å². The lowest BCUT2D eigenvalue weighted by molar-refractivity contribution is -0.119. The van der Waals surface area contributed by atoms with Crippen LogP contribution in [0.1, 0.15) is 12.8 Å². The van der Waals surface area contributed by atoms with Gasteiger partial charge in [0.25, 0.3) is 0 Å². The van der Waals surface area contributed by atoms with Crippen LogP contribution in [0.5, 0.6) is 11.5 Å². The summed E-state index contributed by atoms with van der Waals surface area (Å²) >= 11 is 1.22. The van der Waals surface area contributed by atoms with Crippen molar-refractivity contribution in [2.75, 3.05) is 26.1 Å². The van der Waals surface area contributed by atoms with Crippen LogP contribution >= 0.6 is 11.3 Å². The molecule has 0 bridgehead atoms. The number of carbonyl (C=O) groups excluding carboxylic acids is 1. The van der Waals surface area contributed by atoms with Crippen molar-refractivity contribution in [2.24, 2.45) is 0 Å². The van der Waals surface area contributed by atoms with E-state index in [9.17, 15) is 17.6 Å². The zero-order valence-electron chi connectivity index (χ0n) is 17.9.